The number of sulfone groups is 1. The number of nitrogens with zero attached hydrogens (tertiary/aromatic N) is 1. The number of benzene rings is 2. The molecule has 7 heteroatoms. The maximum Gasteiger partial charge on any atom is 0.257 e. The number of hydrogen-bond donors (Lipinski definition) is 0. The minimum Gasteiger partial charge on any atom is -0.330 e. The van der Waals surface area contributed by atoms with Gasteiger partial charge in [0.1, 0.15) is 11.6 Å². The average Bonchev–Trinajstić information content (AvgIpc) is 2.94. The van der Waals surface area contributed by atoms with Crippen molar-refractivity contribution in [3.63, 3.8) is 0 Å². The Balaban J connectivity index is 1.96. The van der Waals surface area contributed by atoms with Crippen molar-refractivity contribution in [1.29, 1.82) is 0 Å². The molecule has 0 aromatic heterocycles. The third-order valence-electron chi connectivity index (χ3n) is 4.31. The van der Waals surface area contributed by atoms with Crippen LogP contribution in [0.15, 0.2) is 48.5 Å². The molecule has 1 heterocycles. The maximum absolute atomic E-state index is 14.0. The monoisotopic (exact) mass is 365 g/mol. The Hall–Kier alpha value is -2.28. The van der Waals surface area contributed by atoms with E-state index in [-0.39, 0.29) is 35.6 Å². The Bertz CT molecular complexity index is 899. The second-order valence-corrected chi connectivity index (χ2v) is 8.29. The fourth-order valence-electron chi connectivity index (χ4n) is 2.99. The van der Waals surface area contributed by atoms with Gasteiger partial charge < -0.3 is 4.90 Å². The Morgan fingerprint density at radius 3 is 2.28 bits per heavy atom. The summed E-state index contributed by atoms with van der Waals surface area (Å²) in [5, 5.41) is 0. The molecule has 0 spiro atoms. The molecule has 132 valence electrons. The lowest BCUT2D eigenvalue weighted by atomic mass is 10.1. The lowest BCUT2D eigenvalue weighted by molar-refractivity contribution is 0.0674. The number of amides is 1. The predicted octanol–water partition coefficient (Wildman–Crippen LogP) is 2.79. The number of hydrogen-bond acceptors (Lipinski definition) is 3. The number of halogens is 2. The van der Waals surface area contributed by atoms with Crippen LogP contribution in [0.1, 0.15) is 22.3 Å². The molecule has 1 saturated heterocycles. The molecule has 1 aliphatic rings. The maximum atomic E-state index is 14.0. The Labute approximate surface area is 145 Å². The zero-order valence-electron chi connectivity index (χ0n) is 13.4. The van der Waals surface area contributed by atoms with Gasteiger partial charge in [-0.2, -0.15) is 0 Å². The molecule has 2 aromatic carbocycles. The SMILES string of the molecule is O=C(c1ccccc1F)N(Cc1ccccc1F)C1CCS(=O)(=O)C1. The minimum atomic E-state index is -3.25. The Morgan fingerprint density at radius 2 is 1.68 bits per heavy atom. The van der Waals surface area contributed by atoms with Gasteiger partial charge in [-0.15, -0.1) is 0 Å². The first-order valence-electron chi connectivity index (χ1n) is 7.87. The highest BCUT2D eigenvalue weighted by Gasteiger charge is 2.36. The highest BCUT2D eigenvalue weighted by Crippen LogP contribution is 2.24. The van der Waals surface area contributed by atoms with Crippen LogP contribution in [0.5, 0.6) is 0 Å². The Kier molecular flexibility index (Phi) is 4.85. The number of carbonyl (C=O) groups is 1. The Morgan fingerprint density at radius 1 is 1.04 bits per heavy atom. The lowest BCUT2D eigenvalue weighted by Crippen LogP contribution is -2.41. The smallest absolute Gasteiger partial charge is 0.257 e. The van der Waals surface area contributed by atoms with E-state index in [4.69, 9.17) is 0 Å². The molecule has 1 amide bonds. The molecule has 1 atom stereocenters. The molecule has 4 nitrogen and oxygen atoms in total. The molecule has 1 unspecified atom stereocenters. The van der Waals surface area contributed by atoms with Gasteiger partial charge in [-0.25, -0.2) is 17.2 Å². The van der Waals surface area contributed by atoms with E-state index in [1.54, 1.807) is 6.07 Å². The van der Waals surface area contributed by atoms with E-state index < -0.39 is 33.4 Å². The van der Waals surface area contributed by atoms with Crippen molar-refractivity contribution in [3.05, 3.63) is 71.3 Å². The summed E-state index contributed by atoms with van der Waals surface area (Å²) in [6.45, 7) is -0.111. The fourth-order valence-corrected chi connectivity index (χ4v) is 4.72. The van der Waals surface area contributed by atoms with E-state index in [0.717, 1.165) is 0 Å². The molecule has 3 rings (SSSR count). The van der Waals surface area contributed by atoms with Gasteiger partial charge in [0, 0.05) is 18.2 Å². The van der Waals surface area contributed by atoms with Crippen LogP contribution in [0.25, 0.3) is 0 Å². The van der Waals surface area contributed by atoms with Gasteiger partial charge in [0.25, 0.3) is 5.91 Å². The normalized spacial score (nSPS) is 18.9. The van der Waals surface area contributed by atoms with Crippen LogP contribution in [0.3, 0.4) is 0 Å². The molecule has 0 saturated carbocycles. The van der Waals surface area contributed by atoms with E-state index in [1.165, 1.54) is 47.4 Å². The topological polar surface area (TPSA) is 54.5 Å². The summed E-state index contributed by atoms with van der Waals surface area (Å²) in [5.41, 5.74) is 0.111. The van der Waals surface area contributed by atoms with E-state index in [0.29, 0.717) is 0 Å². The van der Waals surface area contributed by atoms with Crippen LogP contribution in [-0.4, -0.2) is 36.8 Å². The van der Waals surface area contributed by atoms with Gasteiger partial charge in [0.15, 0.2) is 9.84 Å². The van der Waals surface area contributed by atoms with Crippen molar-refractivity contribution in [2.24, 2.45) is 0 Å². The first-order valence-corrected chi connectivity index (χ1v) is 9.69. The summed E-state index contributed by atoms with van der Waals surface area (Å²) in [6, 6.07) is 10.9. The number of rotatable bonds is 4. The summed E-state index contributed by atoms with van der Waals surface area (Å²) in [6.07, 6.45) is 0.261. The largest absolute Gasteiger partial charge is 0.330 e. The average molecular weight is 365 g/mol. The molecular weight excluding hydrogens is 348 g/mol. The van der Waals surface area contributed by atoms with Gasteiger partial charge >= 0.3 is 0 Å². The van der Waals surface area contributed by atoms with Crippen LogP contribution >= 0.6 is 0 Å². The van der Waals surface area contributed by atoms with Crippen molar-refractivity contribution in [3.8, 4) is 0 Å². The number of carbonyl (C=O) groups excluding carboxylic acids is 1. The van der Waals surface area contributed by atoms with E-state index in [9.17, 15) is 22.0 Å². The van der Waals surface area contributed by atoms with Gasteiger partial charge in [-0.05, 0) is 24.6 Å². The van der Waals surface area contributed by atoms with E-state index in [1.807, 2.05) is 0 Å². The fraction of sp³-hybridized carbons (Fsp3) is 0.278. The summed E-state index contributed by atoms with van der Waals surface area (Å²) >= 11 is 0. The van der Waals surface area contributed by atoms with Crippen LogP contribution in [0, 0.1) is 11.6 Å². The van der Waals surface area contributed by atoms with Crippen molar-refractivity contribution in [1.82, 2.24) is 4.90 Å². The summed E-state index contributed by atoms with van der Waals surface area (Å²) < 4.78 is 51.6. The molecular formula is C18H17F2NO3S. The molecule has 0 aliphatic carbocycles. The highest BCUT2D eigenvalue weighted by atomic mass is 32.2. The summed E-state index contributed by atoms with van der Waals surface area (Å²) in [5.74, 6) is -2.04. The van der Waals surface area contributed by atoms with Gasteiger partial charge in [-0.3, -0.25) is 4.79 Å². The third kappa shape index (κ3) is 3.87. The van der Waals surface area contributed by atoms with Gasteiger partial charge in [0.2, 0.25) is 0 Å². The van der Waals surface area contributed by atoms with Gasteiger partial charge in [0.05, 0.1) is 17.1 Å². The standard InChI is InChI=1S/C18H17F2NO3S/c19-16-7-3-1-5-13(16)11-21(14-9-10-25(23,24)12-14)18(22)15-6-2-4-8-17(15)20/h1-8,14H,9-12H2. The summed E-state index contributed by atoms with van der Waals surface area (Å²) in [4.78, 5) is 14.1. The predicted molar refractivity (Wildman–Crippen MR) is 89.7 cm³/mol. The zero-order chi connectivity index (χ0) is 18.0. The first kappa shape index (κ1) is 17.5. The van der Waals surface area contributed by atoms with Crippen molar-refractivity contribution in [2.75, 3.05) is 11.5 Å². The van der Waals surface area contributed by atoms with Gasteiger partial charge in [-0.1, -0.05) is 30.3 Å². The zero-order valence-corrected chi connectivity index (χ0v) is 14.2. The van der Waals surface area contributed by atoms with E-state index >= 15 is 0 Å². The molecule has 0 N–H and O–H groups in total. The molecule has 25 heavy (non-hydrogen) atoms. The van der Waals surface area contributed by atoms with Crippen molar-refractivity contribution in [2.45, 2.75) is 19.0 Å². The highest BCUT2D eigenvalue weighted by molar-refractivity contribution is 7.91. The molecule has 0 bridgehead atoms. The first-order chi connectivity index (χ1) is 11.9. The van der Waals surface area contributed by atoms with Crippen molar-refractivity contribution < 1.29 is 22.0 Å². The quantitative estimate of drug-likeness (QED) is 0.837. The molecule has 2 aromatic rings. The van der Waals surface area contributed by atoms with Crippen LogP contribution in [0.4, 0.5) is 8.78 Å². The second kappa shape index (κ2) is 6.92. The van der Waals surface area contributed by atoms with Crippen LogP contribution in [0.2, 0.25) is 0 Å². The van der Waals surface area contributed by atoms with Crippen LogP contribution < -0.4 is 0 Å². The summed E-state index contributed by atoms with van der Waals surface area (Å²) in [7, 11) is -3.25. The third-order valence-corrected chi connectivity index (χ3v) is 6.06. The second-order valence-electron chi connectivity index (χ2n) is 6.06. The molecule has 1 fully saturated rings. The van der Waals surface area contributed by atoms with Crippen LogP contribution in [-0.2, 0) is 16.4 Å². The molecule has 0 radical (unpaired) electrons. The molecule has 1 aliphatic heterocycles. The van der Waals surface area contributed by atoms with E-state index in [2.05, 4.69) is 0 Å². The minimum absolute atomic E-state index is 0.0318. The lowest BCUT2D eigenvalue weighted by Gasteiger charge is -2.29. The van der Waals surface area contributed by atoms with Crippen molar-refractivity contribution >= 4 is 15.7 Å².